The molecule has 9 heteroatoms. The highest BCUT2D eigenvalue weighted by Gasteiger charge is 2.32. The van der Waals surface area contributed by atoms with Gasteiger partial charge in [0.05, 0.1) is 30.2 Å². The Morgan fingerprint density at radius 2 is 1.71 bits per heavy atom. The maximum atomic E-state index is 12.9. The molecule has 2 rings (SSSR count). The van der Waals surface area contributed by atoms with Crippen LogP contribution < -0.4 is 5.73 Å². The lowest BCUT2D eigenvalue weighted by atomic mass is 10.1. The van der Waals surface area contributed by atoms with E-state index in [9.17, 15) is 18.0 Å². The second kappa shape index (κ2) is 7.29. The molecule has 1 saturated heterocycles. The summed E-state index contributed by atoms with van der Waals surface area (Å²) < 4.78 is 36.4. The normalized spacial score (nSPS) is 16.6. The second-order valence-corrected chi connectivity index (χ2v) is 7.34. The largest absolute Gasteiger partial charge is 0.465 e. The summed E-state index contributed by atoms with van der Waals surface area (Å²) in [6, 6.07) is 3.67. The number of carbonyl (C=O) groups is 2. The maximum Gasteiger partial charge on any atom is 0.339 e. The second-order valence-electron chi connectivity index (χ2n) is 5.44. The molecule has 24 heavy (non-hydrogen) atoms. The van der Waals surface area contributed by atoms with Gasteiger partial charge in [-0.05, 0) is 31.0 Å². The molecule has 1 fully saturated rings. The molecule has 1 aromatic carbocycles. The van der Waals surface area contributed by atoms with Crippen LogP contribution in [0.4, 0.5) is 0 Å². The fraction of sp³-hybridized carbons (Fsp3) is 0.467. The summed E-state index contributed by atoms with van der Waals surface area (Å²) in [7, 11) is -1.62. The Bertz CT molecular complexity index is 738. The highest BCUT2D eigenvalue weighted by atomic mass is 32.2. The van der Waals surface area contributed by atoms with E-state index in [1.54, 1.807) is 0 Å². The van der Waals surface area contributed by atoms with Gasteiger partial charge in [0, 0.05) is 19.1 Å². The van der Waals surface area contributed by atoms with Crippen LogP contribution in [0.1, 0.15) is 33.6 Å². The lowest BCUT2D eigenvalue weighted by Gasteiger charge is -2.29. The van der Waals surface area contributed by atoms with Crippen LogP contribution in [0.25, 0.3) is 0 Å². The number of nitrogens with two attached hydrogens (primary N) is 1. The molecule has 0 bridgehead atoms. The number of nitrogens with zero attached hydrogens (tertiary/aromatic N) is 1. The number of hydrogen-bond donors (Lipinski definition) is 1. The van der Waals surface area contributed by atoms with E-state index in [0.29, 0.717) is 12.8 Å². The Balaban J connectivity index is 2.52. The number of esters is 2. The number of carbonyl (C=O) groups excluding carboxylic acids is 2. The molecule has 0 unspecified atom stereocenters. The zero-order valence-electron chi connectivity index (χ0n) is 13.5. The Morgan fingerprint density at radius 1 is 1.12 bits per heavy atom. The number of methoxy groups -OCH3 is 2. The minimum atomic E-state index is -3.97. The Kier molecular flexibility index (Phi) is 5.58. The van der Waals surface area contributed by atoms with Crippen molar-refractivity contribution >= 4 is 22.0 Å². The molecule has 1 aliphatic rings. The third-order valence-electron chi connectivity index (χ3n) is 3.92. The van der Waals surface area contributed by atoms with Crippen molar-refractivity contribution in [1.29, 1.82) is 0 Å². The Morgan fingerprint density at radius 3 is 2.25 bits per heavy atom. The average Bonchev–Trinajstić information content (AvgIpc) is 2.60. The van der Waals surface area contributed by atoms with Gasteiger partial charge in [0.25, 0.3) is 0 Å². The van der Waals surface area contributed by atoms with Crippen LogP contribution in [0.2, 0.25) is 0 Å². The zero-order valence-corrected chi connectivity index (χ0v) is 14.3. The lowest BCUT2D eigenvalue weighted by Crippen LogP contribution is -2.43. The number of piperidine rings is 1. The van der Waals surface area contributed by atoms with Crippen LogP contribution >= 0.6 is 0 Å². The molecule has 0 saturated carbocycles. The molecule has 132 valence electrons. The average molecular weight is 356 g/mol. The van der Waals surface area contributed by atoms with Crippen LogP contribution in [-0.4, -0.2) is 58.0 Å². The van der Waals surface area contributed by atoms with E-state index in [4.69, 9.17) is 5.73 Å². The summed E-state index contributed by atoms with van der Waals surface area (Å²) in [5.74, 6) is -1.48. The minimum absolute atomic E-state index is 0.0393. The first-order valence-electron chi connectivity index (χ1n) is 7.37. The van der Waals surface area contributed by atoms with Crippen molar-refractivity contribution in [1.82, 2.24) is 4.31 Å². The third kappa shape index (κ3) is 3.58. The predicted octanol–water partition coefficient (Wildman–Crippen LogP) is 0.372. The van der Waals surface area contributed by atoms with Gasteiger partial charge < -0.3 is 15.2 Å². The molecular weight excluding hydrogens is 336 g/mol. The number of sulfonamides is 1. The summed E-state index contributed by atoms with van der Waals surface area (Å²) in [4.78, 5) is 23.4. The van der Waals surface area contributed by atoms with Crippen LogP contribution in [0.3, 0.4) is 0 Å². The van der Waals surface area contributed by atoms with Crippen molar-refractivity contribution in [2.24, 2.45) is 5.73 Å². The molecule has 1 heterocycles. The van der Waals surface area contributed by atoms with Gasteiger partial charge in [-0.3, -0.25) is 0 Å². The summed E-state index contributed by atoms with van der Waals surface area (Å²) >= 11 is 0. The van der Waals surface area contributed by atoms with Crippen molar-refractivity contribution in [3.63, 3.8) is 0 Å². The first kappa shape index (κ1) is 18.4. The van der Waals surface area contributed by atoms with Gasteiger partial charge in [-0.2, -0.15) is 4.31 Å². The first-order valence-corrected chi connectivity index (χ1v) is 8.81. The van der Waals surface area contributed by atoms with E-state index in [1.165, 1.54) is 23.5 Å². The smallest absolute Gasteiger partial charge is 0.339 e. The van der Waals surface area contributed by atoms with Crippen LogP contribution in [-0.2, 0) is 19.5 Å². The molecule has 0 aliphatic carbocycles. The standard InChI is InChI=1S/C15H20N2O6S/c1-22-14(18)10-3-4-12(15(19)23-2)13(9-10)24(20,21)17-7-5-11(16)6-8-17/h3-4,9,11H,5-8,16H2,1-2H3. The molecular formula is C15H20N2O6S. The monoisotopic (exact) mass is 356 g/mol. The topological polar surface area (TPSA) is 116 Å². The fourth-order valence-corrected chi connectivity index (χ4v) is 4.19. The van der Waals surface area contributed by atoms with Crippen LogP contribution in [0.5, 0.6) is 0 Å². The van der Waals surface area contributed by atoms with Gasteiger partial charge >= 0.3 is 11.9 Å². The van der Waals surface area contributed by atoms with Gasteiger partial charge in [-0.1, -0.05) is 0 Å². The Labute approximate surface area is 140 Å². The quantitative estimate of drug-likeness (QED) is 0.775. The van der Waals surface area contributed by atoms with Crippen molar-refractivity contribution in [2.45, 2.75) is 23.8 Å². The first-order chi connectivity index (χ1) is 11.3. The number of benzene rings is 1. The predicted molar refractivity (Wildman–Crippen MR) is 85.1 cm³/mol. The maximum absolute atomic E-state index is 12.9. The van der Waals surface area contributed by atoms with E-state index in [2.05, 4.69) is 9.47 Å². The Hall–Kier alpha value is -1.97. The summed E-state index contributed by atoms with van der Waals surface area (Å²) in [6.07, 6.45) is 1.06. The van der Waals surface area contributed by atoms with E-state index >= 15 is 0 Å². The molecule has 0 spiro atoms. The summed E-state index contributed by atoms with van der Waals surface area (Å²) in [6.45, 7) is 0.513. The molecule has 2 N–H and O–H groups in total. The number of ether oxygens (including phenoxy) is 2. The van der Waals surface area contributed by atoms with E-state index in [-0.39, 0.29) is 35.2 Å². The van der Waals surface area contributed by atoms with Crippen molar-refractivity contribution < 1.29 is 27.5 Å². The highest BCUT2D eigenvalue weighted by molar-refractivity contribution is 7.89. The van der Waals surface area contributed by atoms with Gasteiger partial charge in [-0.15, -0.1) is 0 Å². The van der Waals surface area contributed by atoms with Crippen LogP contribution in [0.15, 0.2) is 23.1 Å². The van der Waals surface area contributed by atoms with Gasteiger partial charge in [-0.25, -0.2) is 18.0 Å². The van der Waals surface area contributed by atoms with Crippen LogP contribution in [0, 0.1) is 0 Å². The molecule has 0 radical (unpaired) electrons. The van der Waals surface area contributed by atoms with E-state index in [0.717, 1.165) is 13.2 Å². The molecule has 0 aromatic heterocycles. The van der Waals surface area contributed by atoms with Crippen molar-refractivity contribution in [2.75, 3.05) is 27.3 Å². The zero-order chi connectivity index (χ0) is 17.9. The molecule has 1 aliphatic heterocycles. The summed E-state index contributed by atoms with van der Waals surface area (Å²) in [5.41, 5.74) is 5.72. The molecule has 8 nitrogen and oxygen atoms in total. The molecule has 0 amide bonds. The fourth-order valence-electron chi connectivity index (χ4n) is 2.51. The van der Waals surface area contributed by atoms with Gasteiger partial charge in [0.15, 0.2) is 0 Å². The number of rotatable bonds is 4. The van der Waals surface area contributed by atoms with Gasteiger partial charge in [0.1, 0.15) is 0 Å². The SMILES string of the molecule is COC(=O)c1ccc(C(=O)OC)c(S(=O)(=O)N2CCC(N)CC2)c1. The third-order valence-corrected chi connectivity index (χ3v) is 5.86. The summed E-state index contributed by atoms with van der Waals surface area (Å²) in [5, 5.41) is 0. The lowest BCUT2D eigenvalue weighted by molar-refractivity contribution is 0.0583. The van der Waals surface area contributed by atoms with Crippen molar-refractivity contribution in [3.8, 4) is 0 Å². The number of hydrogen-bond acceptors (Lipinski definition) is 7. The molecule has 1 aromatic rings. The van der Waals surface area contributed by atoms with E-state index < -0.39 is 22.0 Å². The highest BCUT2D eigenvalue weighted by Crippen LogP contribution is 2.25. The molecule has 0 atom stereocenters. The van der Waals surface area contributed by atoms with Gasteiger partial charge in [0.2, 0.25) is 10.0 Å². The van der Waals surface area contributed by atoms with Crippen molar-refractivity contribution in [3.05, 3.63) is 29.3 Å². The minimum Gasteiger partial charge on any atom is -0.465 e. The van der Waals surface area contributed by atoms with E-state index in [1.807, 2.05) is 0 Å².